The van der Waals surface area contributed by atoms with E-state index in [1.807, 2.05) is 4.68 Å². The summed E-state index contributed by atoms with van der Waals surface area (Å²) in [6, 6.07) is 6.09. The Kier molecular flexibility index (Phi) is 5.73. The van der Waals surface area contributed by atoms with Gasteiger partial charge in [0.2, 0.25) is 5.82 Å². The van der Waals surface area contributed by atoms with Crippen molar-refractivity contribution in [1.82, 2.24) is 25.2 Å². The Morgan fingerprint density at radius 2 is 2.00 bits per heavy atom. The van der Waals surface area contributed by atoms with Crippen LogP contribution in [0.5, 0.6) is 0 Å². The summed E-state index contributed by atoms with van der Waals surface area (Å²) >= 11 is 0. The molecule has 1 aliphatic rings. The number of fused-ring (bicyclic) bond motifs is 1. The first kappa shape index (κ1) is 21.7. The third kappa shape index (κ3) is 4.03. The zero-order valence-corrected chi connectivity index (χ0v) is 19.6. The smallest absolute Gasteiger partial charge is 0.258 e. The number of pyridine rings is 1. The van der Waals surface area contributed by atoms with Crippen LogP contribution in [0, 0.1) is 19.8 Å². The molecule has 1 fully saturated rings. The highest BCUT2D eigenvalue weighted by Crippen LogP contribution is 2.26. The van der Waals surface area contributed by atoms with Gasteiger partial charge in [0.15, 0.2) is 6.04 Å². The maximum Gasteiger partial charge on any atom is 0.258 e. The van der Waals surface area contributed by atoms with Crippen LogP contribution in [0.15, 0.2) is 23.0 Å². The molecule has 2 N–H and O–H groups in total. The molecule has 0 amide bonds. The Bertz CT molecular complexity index is 1140. The normalized spacial score (nSPS) is 20.8. The number of hydrogen-bond acceptors (Lipinski definition) is 4. The van der Waals surface area contributed by atoms with Gasteiger partial charge in [0, 0.05) is 11.4 Å². The van der Waals surface area contributed by atoms with E-state index in [2.05, 4.69) is 80.3 Å². The van der Waals surface area contributed by atoms with Gasteiger partial charge < -0.3 is 9.88 Å². The lowest BCUT2D eigenvalue weighted by atomic mass is 9.94. The van der Waals surface area contributed by atoms with Crippen LogP contribution in [0.2, 0.25) is 0 Å². The van der Waals surface area contributed by atoms with Crippen LogP contribution in [-0.2, 0) is 5.54 Å². The van der Waals surface area contributed by atoms with Gasteiger partial charge >= 0.3 is 0 Å². The van der Waals surface area contributed by atoms with Crippen LogP contribution in [0.3, 0.4) is 0 Å². The number of likely N-dealkylation sites (tertiary alicyclic amines) is 1. The van der Waals surface area contributed by atoms with E-state index >= 15 is 0 Å². The van der Waals surface area contributed by atoms with Gasteiger partial charge in [-0.2, -0.15) is 0 Å². The van der Waals surface area contributed by atoms with Gasteiger partial charge in [0.25, 0.3) is 5.56 Å². The molecule has 1 unspecified atom stereocenters. The predicted molar refractivity (Wildman–Crippen MR) is 122 cm³/mol. The summed E-state index contributed by atoms with van der Waals surface area (Å²) in [7, 11) is 0. The molecule has 166 valence electrons. The van der Waals surface area contributed by atoms with Crippen molar-refractivity contribution >= 4 is 10.9 Å². The molecule has 3 aromatic rings. The van der Waals surface area contributed by atoms with Crippen molar-refractivity contribution in [2.45, 2.75) is 72.4 Å². The summed E-state index contributed by atoms with van der Waals surface area (Å²) in [4.78, 5) is 17.9. The van der Waals surface area contributed by atoms with Crippen molar-refractivity contribution in [2.24, 2.45) is 5.92 Å². The summed E-state index contributed by atoms with van der Waals surface area (Å²) in [5.74, 6) is 1.39. The summed E-state index contributed by atoms with van der Waals surface area (Å²) in [5.41, 5.74) is 3.76. The van der Waals surface area contributed by atoms with Crippen LogP contribution in [0.4, 0.5) is 0 Å². The molecule has 0 spiro atoms. The highest BCUT2D eigenvalue weighted by Gasteiger charge is 2.38. The molecule has 7 heteroatoms. The third-order valence-electron chi connectivity index (χ3n) is 7.20. The van der Waals surface area contributed by atoms with E-state index in [1.165, 1.54) is 22.4 Å². The minimum Gasteiger partial charge on any atom is -0.322 e. The fourth-order valence-electron chi connectivity index (χ4n) is 4.80. The lowest BCUT2D eigenvalue weighted by Gasteiger charge is -2.35. The highest BCUT2D eigenvalue weighted by molar-refractivity contribution is 5.80. The van der Waals surface area contributed by atoms with E-state index in [4.69, 9.17) is 0 Å². The number of hydrogen-bond donors (Lipinski definition) is 2. The van der Waals surface area contributed by atoms with E-state index in [-0.39, 0.29) is 17.1 Å². The minimum absolute atomic E-state index is 0.0460. The van der Waals surface area contributed by atoms with Crippen molar-refractivity contribution in [3.05, 3.63) is 51.1 Å². The van der Waals surface area contributed by atoms with E-state index in [9.17, 15) is 4.79 Å². The Morgan fingerprint density at radius 1 is 1.26 bits per heavy atom. The molecule has 2 aromatic heterocycles. The number of aromatic nitrogens is 5. The molecule has 3 atom stereocenters. The number of quaternary nitrogens is 1. The Balaban J connectivity index is 1.92. The number of nitrogens with one attached hydrogen (secondary N) is 2. The zero-order valence-electron chi connectivity index (χ0n) is 19.6. The van der Waals surface area contributed by atoms with E-state index in [1.54, 1.807) is 0 Å². The first-order valence-corrected chi connectivity index (χ1v) is 11.5. The number of benzene rings is 1. The van der Waals surface area contributed by atoms with Crippen molar-refractivity contribution in [3.63, 3.8) is 0 Å². The van der Waals surface area contributed by atoms with Crippen LogP contribution < -0.4 is 10.5 Å². The fourth-order valence-corrected chi connectivity index (χ4v) is 4.80. The maximum absolute atomic E-state index is 13.4. The van der Waals surface area contributed by atoms with Crippen molar-refractivity contribution < 1.29 is 4.90 Å². The van der Waals surface area contributed by atoms with Gasteiger partial charge in [-0.25, -0.2) is 4.68 Å². The average Bonchev–Trinajstić information content (AvgIpc) is 3.21. The second kappa shape index (κ2) is 8.19. The minimum atomic E-state index is -0.227. The summed E-state index contributed by atoms with van der Waals surface area (Å²) in [6.07, 6.45) is 3.28. The van der Waals surface area contributed by atoms with Gasteiger partial charge in [-0.15, -0.1) is 5.10 Å². The summed E-state index contributed by atoms with van der Waals surface area (Å²) in [5, 5.41) is 14.0. The molecular formula is C24H35N6O+. The maximum atomic E-state index is 13.4. The second-order valence-electron chi connectivity index (χ2n) is 9.99. The Hall–Kier alpha value is -2.54. The van der Waals surface area contributed by atoms with Crippen molar-refractivity contribution in [1.29, 1.82) is 0 Å². The quantitative estimate of drug-likeness (QED) is 0.661. The molecule has 3 heterocycles. The lowest BCUT2D eigenvalue weighted by Crippen LogP contribution is -3.14. The first-order valence-electron chi connectivity index (χ1n) is 11.5. The van der Waals surface area contributed by atoms with E-state index in [0.717, 1.165) is 48.2 Å². The molecule has 0 saturated carbocycles. The van der Waals surface area contributed by atoms with E-state index in [0.29, 0.717) is 5.92 Å². The molecular weight excluding hydrogens is 388 g/mol. The second-order valence-corrected chi connectivity index (χ2v) is 9.99. The van der Waals surface area contributed by atoms with Crippen LogP contribution in [-0.4, -0.2) is 38.3 Å². The molecule has 1 aliphatic heterocycles. The third-order valence-corrected chi connectivity index (χ3v) is 7.20. The number of piperidine rings is 1. The SMILES string of the molecule is CCC(C)(C)n1nnnc1[C@H](c1cc2cc(C)c(C)cc2[nH]c1=O)[NH+]1CCC[C@H](C)C1. The number of aryl methyl sites for hydroxylation is 2. The zero-order chi connectivity index (χ0) is 22.3. The Labute approximate surface area is 183 Å². The number of H-pyrrole nitrogens is 1. The van der Waals surface area contributed by atoms with Gasteiger partial charge in [-0.05, 0) is 92.1 Å². The molecule has 1 aromatic carbocycles. The molecule has 7 nitrogen and oxygen atoms in total. The fraction of sp³-hybridized carbons (Fsp3) is 0.583. The van der Waals surface area contributed by atoms with Gasteiger partial charge in [0.1, 0.15) is 0 Å². The monoisotopic (exact) mass is 423 g/mol. The highest BCUT2D eigenvalue weighted by atomic mass is 16.1. The van der Waals surface area contributed by atoms with Crippen LogP contribution >= 0.6 is 0 Å². The van der Waals surface area contributed by atoms with Gasteiger partial charge in [0.05, 0.1) is 24.2 Å². The Morgan fingerprint density at radius 3 is 2.71 bits per heavy atom. The average molecular weight is 424 g/mol. The van der Waals surface area contributed by atoms with Crippen LogP contribution in [0.25, 0.3) is 10.9 Å². The number of nitrogens with zero attached hydrogens (tertiary/aromatic N) is 4. The summed E-state index contributed by atoms with van der Waals surface area (Å²) in [6.45, 7) is 14.9. The van der Waals surface area contributed by atoms with Gasteiger partial charge in [-0.3, -0.25) is 4.79 Å². The predicted octanol–water partition coefficient (Wildman–Crippen LogP) is 2.68. The van der Waals surface area contributed by atoms with Crippen molar-refractivity contribution in [2.75, 3.05) is 13.1 Å². The summed E-state index contributed by atoms with van der Waals surface area (Å²) < 4.78 is 1.94. The van der Waals surface area contributed by atoms with Crippen LogP contribution in [0.1, 0.15) is 75.5 Å². The number of tetrazole rings is 1. The topological polar surface area (TPSA) is 80.9 Å². The lowest BCUT2D eigenvalue weighted by molar-refractivity contribution is -0.934. The first-order chi connectivity index (χ1) is 14.7. The van der Waals surface area contributed by atoms with Gasteiger partial charge in [-0.1, -0.05) is 13.8 Å². The molecule has 4 rings (SSSR count). The number of rotatable bonds is 5. The van der Waals surface area contributed by atoms with E-state index < -0.39 is 0 Å². The molecule has 0 aliphatic carbocycles. The largest absolute Gasteiger partial charge is 0.322 e. The van der Waals surface area contributed by atoms with Crippen molar-refractivity contribution in [3.8, 4) is 0 Å². The number of aromatic amines is 1. The molecule has 0 radical (unpaired) electrons. The molecule has 1 saturated heterocycles. The molecule has 31 heavy (non-hydrogen) atoms. The standard InChI is InChI=1S/C24H34N6O/c1-7-24(5,6)30-22(26-27-28-30)21(29-10-8-9-15(2)14-29)19-13-18-11-16(3)17(4)12-20(18)25-23(19)31/h11-13,15,21H,7-10,14H2,1-6H3,(H,25,31)/p+1/t15-,21-/m0/s1. The molecule has 0 bridgehead atoms.